The molecule has 1 aromatic rings. The largest absolute Gasteiger partial charge is 0.480 e. The second-order valence-corrected chi connectivity index (χ2v) is 6.09. The fourth-order valence-electron chi connectivity index (χ4n) is 2.11. The third-order valence-electron chi connectivity index (χ3n) is 3.31. The number of para-hydroxylation sites is 1. The molecule has 20 heavy (non-hydrogen) atoms. The molecule has 5 nitrogen and oxygen atoms in total. The van der Waals surface area contributed by atoms with Gasteiger partial charge in [-0.3, -0.25) is 9.59 Å². The van der Waals surface area contributed by atoms with E-state index in [1.165, 1.54) is 11.8 Å². The molecule has 6 heteroatoms. The number of nitrogens with two attached hydrogens (primary N) is 1. The number of nitrogens with one attached hydrogen (secondary N) is 1. The van der Waals surface area contributed by atoms with Crippen LogP contribution in [-0.2, 0) is 16.0 Å². The summed E-state index contributed by atoms with van der Waals surface area (Å²) in [5.74, 6) is -0.436. The summed E-state index contributed by atoms with van der Waals surface area (Å²) in [6, 6.07) is 6.93. The van der Waals surface area contributed by atoms with Gasteiger partial charge in [-0.15, -0.1) is 11.8 Å². The Morgan fingerprint density at radius 3 is 3.00 bits per heavy atom. The van der Waals surface area contributed by atoms with Gasteiger partial charge >= 0.3 is 5.97 Å². The van der Waals surface area contributed by atoms with E-state index >= 15 is 0 Å². The molecule has 0 radical (unpaired) electrons. The Bertz CT molecular complexity index is 507. The SMILES string of the molecule is NC(CCSC1CCc2ccccc2NC1=O)C(=O)O. The van der Waals surface area contributed by atoms with Crippen LogP contribution >= 0.6 is 11.8 Å². The fraction of sp³-hybridized carbons (Fsp3) is 0.429. The number of carboxylic acid groups (broad SMARTS) is 1. The van der Waals surface area contributed by atoms with Gasteiger partial charge in [0.15, 0.2) is 0 Å². The van der Waals surface area contributed by atoms with Gasteiger partial charge in [0.05, 0.1) is 5.25 Å². The summed E-state index contributed by atoms with van der Waals surface area (Å²) in [6.07, 6.45) is 1.98. The highest BCUT2D eigenvalue weighted by Gasteiger charge is 2.24. The summed E-state index contributed by atoms with van der Waals surface area (Å²) in [6.45, 7) is 0. The van der Waals surface area contributed by atoms with Crippen LogP contribution in [0.5, 0.6) is 0 Å². The molecular formula is C14H18N2O3S. The van der Waals surface area contributed by atoms with Crippen molar-refractivity contribution in [2.45, 2.75) is 30.6 Å². The van der Waals surface area contributed by atoms with E-state index in [0.29, 0.717) is 12.2 Å². The molecule has 0 aliphatic carbocycles. The van der Waals surface area contributed by atoms with E-state index in [2.05, 4.69) is 5.32 Å². The number of fused-ring (bicyclic) bond motifs is 1. The average Bonchev–Trinajstić information content (AvgIpc) is 2.58. The zero-order chi connectivity index (χ0) is 14.5. The number of hydrogen-bond donors (Lipinski definition) is 3. The van der Waals surface area contributed by atoms with Crippen LogP contribution in [0.2, 0.25) is 0 Å². The summed E-state index contributed by atoms with van der Waals surface area (Å²) < 4.78 is 0. The Morgan fingerprint density at radius 1 is 1.50 bits per heavy atom. The first-order chi connectivity index (χ1) is 9.58. The summed E-state index contributed by atoms with van der Waals surface area (Å²) >= 11 is 1.48. The molecule has 0 fully saturated rings. The van der Waals surface area contributed by atoms with E-state index in [9.17, 15) is 9.59 Å². The lowest BCUT2D eigenvalue weighted by Gasteiger charge is -2.13. The minimum absolute atomic E-state index is 0.0103. The minimum Gasteiger partial charge on any atom is -0.480 e. The molecule has 1 aliphatic heterocycles. The monoisotopic (exact) mass is 294 g/mol. The number of amides is 1. The minimum atomic E-state index is -0.997. The number of thioether (sulfide) groups is 1. The van der Waals surface area contributed by atoms with Crippen LogP contribution in [-0.4, -0.2) is 34.0 Å². The molecule has 2 rings (SSSR count). The standard InChI is InChI=1S/C14H18N2O3S/c15-10(14(18)19)7-8-20-12-6-5-9-3-1-2-4-11(9)16-13(12)17/h1-4,10,12H,5-8,15H2,(H,16,17)(H,18,19). The highest BCUT2D eigenvalue weighted by Crippen LogP contribution is 2.27. The van der Waals surface area contributed by atoms with Gasteiger partial charge < -0.3 is 16.2 Å². The van der Waals surface area contributed by atoms with Gasteiger partial charge in [0.25, 0.3) is 0 Å². The number of aliphatic carboxylic acids is 1. The van der Waals surface area contributed by atoms with Crippen LogP contribution < -0.4 is 11.1 Å². The predicted molar refractivity (Wildman–Crippen MR) is 79.9 cm³/mol. The van der Waals surface area contributed by atoms with Gasteiger partial charge in [-0.25, -0.2) is 0 Å². The number of carboxylic acids is 1. The molecule has 1 aliphatic rings. The molecule has 2 atom stereocenters. The zero-order valence-electron chi connectivity index (χ0n) is 11.0. The zero-order valence-corrected chi connectivity index (χ0v) is 11.9. The number of aryl methyl sites for hydroxylation is 1. The third kappa shape index (κ3) is 3.74. The van der Waals surface area contributed by atoms with E-state index in [1.807, 2.05) is 24.3 Å². The molecule has 0 spiro atoms. The lowest BCUT2D eigenvalue weighted by Crippen LogP contribution is -2.31. The maximum atomic E-state index is 12.1. The summed E-state index contributed by atoms with van der Waals surface area (Å²) in [5.41, 5.74) is 7.48. The molecule has 0 bridgehead atoms. The topological polar surface area (TPSA) is 92.4 Å². The second-order valence-electron chi connectivity index (χ2n) is 4.78. The number of carbonyl (C=O) groups is 2. The number of anilines is 1. The third-order valence-corrected chi connectivity index (χ3v) is 4.63. The van der Waals surface area contributed by atoms with Crippen LogP contribution in [0.15, 0.2) is 24.3 Å². The predicted octanol–water partition coefficient (Wildman–Crippen LogP) is 1.48. The number of hydrogen-bond acceptors (Lipinski definition) is 4. The first kappa shape index (κ1) is 14.9. The molecule has 4 N–H and O–H groups in total. The van der Waals surface area contributed by atoms with Crippen molar-refractivity contribution in [1.29, 1.82) is 0 Å². The molecule has 1 aromatic carbocycles. The van der Waals surface area contributed by atoms with Gasteiger partial charge in [0.2, 0.25) is 5.91 Å². The van der Waals surface area contributed by atoms with E-state index in [4.69, 9.17) is 10.8 Å². The Morgan fingerprint density at radius 2 is 2.25 bits per heavy atom. The number of carbonyl (C=O) groups excluding carboxylic acids is 1. The lowest BCUT2D eigenvalue weighted by molar-refractivity contribution is -0.138. The Hall–Kier alpha value is -1.53. The Balaban J connectivity index is 1.89. The van der Waals surface area contributed by atoms with Crippen molar-refractivity contribution >= 4 is 29.3 Å². The second kappa shape index (κ2) is 6.76. The maximum Gasteiger partial charge on any atom is 0.320 e. The van der Waals surface area contributed by atoms with E-state index < -0.39 is 12.0 Å². The Labute approximate surface area is 121 Å². The highest BCUT2D eigenvalue weighted by molar-refractivity contribution is 8.00. The molecule has 1 heterocycles. The van der Waals surface area contributed by atoms with Crippen LogP contribution in [0.4, 0.5) is 5.69 Å². The van der Waals surface area contributed by atoms with E-state index in [-0.39, 0.29) is 11.2 Å². The maximum absolute atomic E-state index is 12.1. The van der Waals surface area contributed by atoms with Crippen LogP contribution in [0, 0.1) is 0 Å². The van der Waals surface area contributed by atoms with Gasteiger partial charge in [-0.1, -0.05) is 18.2 Å². The van der Waals surface area contributed by atoms with Crippen LogP contribution in [0.3, 0.4) is 0 Å². The molecule has 2 unspecified atom stereocenters. The Kier molecular flexibility index (Phi) is 5.03. The first-order valence-corrected chi connectivity index (χ1v) is 7.61. The average molecular weight is 294 g/mol. The van der Waals surface area contributed by atoms with E-state index in [1.54, 1.807) is 0 Å². The lowest BCUT2D eigenvalue weighted by atomic mass is 10.1. The van der Waals surface area contributed by atoms with Crippen LogP contribution in [0.1, 0.15) is 18.4 Å². The van der Waals surface area contributed by atoms with E-state index in [0.717, 1.165) is 24.1 Å². The van der Waals surface area contributed by atoms with Crippen molar-refractivity contribution in [1.82, 2.24) is 0 Å². The number of benzene rings is 1. The van der Waals surface area contributed by atoms with Gasteiger partial charge in [-0.05, 0) is 36.6 Å². The number of rotatable bonds is 5. The summed E-state index contributed by atoms with van der Waals surface area (Å²) in [4.78, 5) is 22.7. The molecular weight excluding hydrogens is 276 g/mol. The van der Waals surface area contributed by atoms with Crippen molar-refractivity contribution in [3.63, 3.8) is 0 Å². The molecule has 1 amide bonds. The first-order valence-electron chi connectivity index (χ1n) is 6.56. The van der Waals surface area contributed by atoms with Gasteiger partial charge in [0, 0.05) is 5.69 Å². The molecule has 0 saturated carbocycles. The smallest absolute Gasteiger partial charge is 0.320 e. The summed E-state index contributed by atoms with van der Waals surface area (Å²) in [5, 5.41) is 11.5. The molecule has 0 saturated heterocycles. The van der Waals surface area contributed by atoms with Crippen molar-refractivity contribution < 1.29 is 14.7 Å². The normalized spacial score (nSPS) is 19.6. The summed E-state index contributed by atoms with van der Waals surface area (Å²) in [7, 11) is 0. The fourth-order valence-corrected chi connectivity index (χ4v) is 3.28. The van der Waals surface area contributed by atoms with Crippen molar-refractivity contribution in [3.05, 3.63) is 29.8 Å². The van der Waals surface area contributed by atoms with Gasteiger partial charge in [0.1, 0.15) is 6.04 Å². The molecule has 108 valence electrons. The molecule has 0 aromatic heterocycles. The van der Waals surface area contributed by atoms with Crippen molar-refractivity contribution in [2.75, 3.05) is 11.1 Å². The van der Waals surface area contributed by atoms with Crippen LogP contribution in [0.25, 0.3) is 0 Å². The van der Waals surface area contributed by atoms with Crippen molar-refractivity contribution in [2.24, 2.45) is 5.73 Å². The highest BCUT2D eigenvalue weighted by atomic mass is 32.2. The quantitative estimate of drug-likeness (QED) is 0.765. The van der Waals surface area contributed by atoms with Gasteiger partial charge in [-0.2, -0.15) is 0 Å². The van der Waals surface area contributed by atoms with Crippen molar-refractivity contribution in [3.8, 4) is 0 Å².